The molecule has 5 aliphatic heterocycles. The number of hydrogen-bond donors (Lipinski definition) is 17. The van der Waals surface area contributed by atoms with Crippen LogP contribution in [-0.2, 0) is 57.0 Å². The highest BCUT2D eigenvalue weighted by Gasteiger charge is 2.57. The van der Waals surface area contributed by atoms with Crippen LogP contribution in [0.2, 0.25) is 0 Å². The molecule has 516 valence electrons. The lowest BCUT2D eigenvalue weighted by atomic mass is 9.95. The molecule has 17 N–H and O–H groups in total. The number of rotatable bonds is 20. The van der Waals surface area contributed by atoms with E-state index in [1.807, 2.05) is 0 Å². The Labute approximate surface area is 536 Å². The van der Waals surface area contributed by atoms with Crippen LogP contribution >= 0.6 is 0 Å². The van der Waals surface area contributed by atoms with Gasteiger partial charge in [-0.25, -0.2) is 9.59 Å². The third-order valence-corrected chi connectivity index (χ3v) is 16.2. The van der Waals surface area contributed by atoms with Crippen molar-refractivity contribution in [3.8, 4) is 45.8 Å². The first-order valence-corrected chi connectivity index (χ1v) is 29.5. The second kappa shape index (κ2) is 30.3. The van der Waals surface area contributed by atoms with Gasteiger partial charge < -0.3 is 148 Å². The Kier molecular flexibility index (Phi) is 22.4. The number of esters is 2. The lowest BCUT2D eigenvalue weighted by Crippen LogP contribution is -2.68. The van der Waals surface area contributed by atoms with Crippen molar-refractivity contribution in [3.05, 3.63) is 118 Å². The van der Waals surface area contributed by atoms with Crippen LogP contribution in [-0.4, -0.2) is 273 Å². The molecule has 33 nitrogen and oxygen atoms in total. The van der Waals surface area contributed by atoms with Gasteiger partial charge in [0.2, 0.25) is 23.8 Å². The highest BCUT2D eigenvalue weighted by atomic mass is 16.8. The number of aliphatic hydroxyl groups is 13. The van der Waals surface area contributed by atoms with Crippen LogP contribution in [0.25, 0.3) is 34.4 Å². The summed E-state index contributed by atoms with van der Waals surface area (Å²) in [5.74, 6) is -5.18. The number of benzene rings is 4. The molecule has 0 bridgehead atoms. The first kappa shape index (κ1) is 70.3. The van der Waals surface area contributed by atoms with Crippen LogP contribution in [0, 0.1) is 0 Å². The van der Waals surface area contributed by atoms with Crippen molar-refractivity contribution in [2.45, 2.75) is 154 Å². The maximum atomic E-state index is 15.3. The van der Waals surface area contributed by atoms with Crippen molar-refractivity contribution >= 4 is 35.1 Å². The molecule has 33 heteroatoms. The number of phenols is 4. The molecule has 6 heterocycles. The van der Waals surface area contributed by atoms with E-state index in [-0.39, 0.29) is 22.8 Å². The fourth-order valence-corrected chi connectivity index (χ4v) is 10.8. The quantitative estimate of drug-likeness (QED) is 0.0263. The van der Waals surface area contributed by atoms with E-state index in [0.717, 1.165) is 24.3 Å². The van der Waals surface area contributed by atoms with Gasteiger partial charge in [0.05, 0.1) is 19.3 Å². The molecule has 5 aliphatic rings. The first-order chi connectivity index (χ1) is 45.3. The smallest absolute Gasteiger partial charge is 0.330 e. The van der Waals surface area contributed by atoms with E-state index in [0.29, 0.717) is 11.1 Å². The van der Waals surface area contributed by atoms with E-state index in [9.17, 15) is 96.4 Å². The Bertz CT molecular complexity index is 3530. The zero-order chi connectivity index (χ0) is 68.3. The van der Waals surface area contributed by atoms with Crippen LogP contribution in [0.4, 0.5) is 0 Å². The molecule has 4 aromatic carbocycles. The second-order valence-corrected chi connectivity index (χ2v) is 22.8. The minimum absolute atomic E-state index is 0.0552. The normalized spacial score (nSPS) is 35.3. The Morgan fingerprint density at radius 2 is 0.968 bits per heavy atom. The molecule has 0 aliphatic carbocycles. The summed E-state index contributed by atoms with van der Waals surface area (Å²) in [5.41, 5.74) is -0.889. The predicted octanol–water partition coefficient (Wildman–Crippen LogP) is -3.69. The van der Waals surface area contributed by atoms with Gasteiger partial charge >= 0.3 is 11.9 Å². The molecule has 24 atom stereocenters. The van der Waals surface area contributed by atoms with Crippen molar-refractivity contribution in [3.63, 3.8) is 0 Å². The van der Waals surface area contributed by atoms with Crippen LogP contribution < -0.4 is 14.9 Å². The maximum Gasteiger partial charge on any atom is 0.330 e. The number of carbonyl (C=O) groups excluding carboxylic acids is 2. The number of aromatic hydroxyl groups is 4. The van der Waals surface area contributed by atoms with Gasteiger partial charge in [-0.1, -0.05) is 24.3 Å². The highest BCUT2D eigenvalue weighted by Crippen LogP contribution is 2.42. The van der Waals surface area contributed by atoms with Crippen LogP contribution in [0.5, 0.6) is 34.5 Å². The Balaban J connectivity index is 1.05. The molecule has 0 spiro atoms. The lowest BCUT2D eigenvalue weighted by molar-refractivity contribution is -0.396. The molecular weight excluding hydrogens is 1270 g/mol. The summed E-state index contributed by atoms with van der Waals surface area (Å²) in [6.07, 6.45) is -43.2. The lowest BCUT2D eigenvalue weighted by Gasteiger charge is -2.50. The van der Waals surface area contributed by atoms with Crippen molar-refractivity contribution in [1.29, 1.82) is 0 Å². The highest BCUT2D eigenvalue weighted by molar-refractivity contribution is 5.89. The predicted molar refractivity (Wildman–Crippen MR) is 313 cm³/mol. The van der Waals surface area contributed by atoms with Gasteiger partial charge in [-0.05, 0) is 78.7 Å². The number of aliphatic hydroxyl groups excluding tert-OH is 13. The standard InChI is InChI=1S/C62H70O33/c1-24-53(92-58-49(79)41(71)33(68)21-85-58)56(94-60-51(81)47(77)43(73)36(90-60)22-83-38(69)16-6-25-2-10-28(64)11-3-25)57(95-61-52(82)48(78)44(74)37(91-61)23-84-39(70)17-7-26-4-12-29(65)13-5-26)62(86-24)93-55-45(75)40-32(67)18-31(87-59-50(80)46(76)42(72)35(20-63)89-59)19-34(40)88-54(55)27-8-14-30(66)15-9-27/h2-19,24,33,35-37,41-44,46-53,56-68,71-74,76-82H,20-23H2,1H3. The third kappa shape index (κ3) is 15.8. The van der Waals surface area contributed by atoms with Gasteiger partial charge in [0.25, 0.3) is 0 Å². The second-order valence-electron chi connectivity index (χ2n) is 22.8. The van der Waals surface area contributed by atoms with Crippen molar-refractivity contribution in [2.24, 2.45) is 0 Å². The summed E-state index contributed by atoms with van der Waals surface area (Å²) in [6, 6.07) is 18.0. The number of ether oxygens (including phenoxy) is 12. The van der Waals surface area contributed by atoms with Gasteiger partial charge in [0, 0.05) is 29.8 Å². The maximum absolute atomic E-state index is 15.3. The minimum Gasteiger partial charge on any atom is -0.508 e. The summed E-state index contributed by atoms with van der Waals surface area (Å²) in [6.45, 7) is -1.94. The summed E-state index contributed by atoms with van der Waals surface area (Å²) >= 11 is 0. The Hall–Kier alpha value is -7.53. The molecule has 0 amide bonds. The largest absolute Gasteiger partial charge is 0.508 e. The Morgan fingerprint density at radius 1 is 0.505 bits per heavy atom. The molecule has 1 aromatic heterocycles. The van der Waals surface area contributed by atoms with Gasteiger partial charge in [0.15, 0.2) is 30.7 Å². The van der Waals surface area contributed by atoms with Crippen LogP contribution in [0.15, 0.2) is 106 Å². The summed E-state index contributed by atoms with van der Waals surface area (Å²) < 4.78 is 77.9. The van der Waals surface area contributed by atoms with E-state index < -0.39 is 225 Å². The van der Waals surface area contributed by atoms with Crippen molar-refractivity contribution in [2.75, 3.05) is 26.4 Å². The molecule has 5 fully saturated rings. The monoisotopic (exact) mass is 1340 g/mol. The van der Waals surface area contributed by atoms with E-state index in [4.69, 9.17) is 61.3 Å². The fraction of sp³-hybridized carbons (Fsp3) is 0.468. The molecular formula is C62H70O33. The van der Waals surface area contributed by atoms with Gasteiger partial charge in [0.1, 0.15) is 157 Å². The summed E-state index contributed by atoms with van der Waals surface area (Å²) in [4.78, 5) is 41.3. The number of hydrogen-bond acceptors (Lipinski definition) is 33. The number of carbonyl (C=O) groups is 2. The average Bonchev–Trinajstić information content (AvgIpc) is 0.755. The number of phenolic OH excluding ortho intramolecular Hbond substituents is 4. The average molecular weight is 1340 g/mol. The molecule has 24 unspecified atom stereocenters. The number of fused-ring (bicyclic) bond motifs is 1. The van der Waals surface area contributed by atoms with Crippen LogP contribution in [0.3, 0.4) is 0 Å². The first-order valence-electron chi connectivity index (χ1n) is 29.5. The van der Waals surface area contributed by atoms with Gasteiger partial charge in [-0.15, -0.1) is 0 Å². The summed E-state index contributed by atoms with van der Waals surface area (Å²) in [5, 5.41) is 183. The molecule has 5 aromatic rings. The minimum atomic E-state index is -2.32. The van der Waals surface area contributed by atoms with E-state index in [2.05, 4.69) is 0 Å². The van der Waals surface area contributed by atoms with Gasteiger partial charge in [-0.2, -0.15) is 0 Å². The van der Waals surface area contributed by atoms with Crippen molar-refractivity contribution < 1.29 is 158 Å². The van der Waals surface area contributed by atoms with E-state index in [1.54, 1.807) is 0 Å². The zero-order valence-electron chi connectivity index (χ0n) is 49.7. The molecule has 5 saturated heterocycles. The van der Waals surface area contributed by atoms with Gasteiger partial charge in [-0.3, -0.25) is 4.79 Å². The Morgan fingerprint density at radius 3 is 1.49 bits per heavy atom. The fourth-order valence-electron chi connectivity index (χ4n) is 10.8. The topological polar surface area (TPSA) is 519 Å². The summed E-state index contributed by atoms with van der Waals surface area (Å²) in [7, 11) is 0. The van der Waals surface area contributed by atoms with Crippen LogP contribution in [0.1, 0.15) is 18.1 Å². The third-order valence-electron chi connectivity index (χ3n) is 16.2. The molecule has 0 radical (unpaired) electrons. The van der Waals surface area contributed by atoms with E-state index >= 15 is 4.79 Å². The molecule has 10 rings (SSSR count). The molecule has 0 saturated carbocycles. The zero-order valence-corrected chi connectivity index (χ0v) is 49.7. The SMILES string of the molecule is CC1OC(Oc2c(-c3ccc(O)cc3)oc3cc(OC4OC(CO)C(O)C(O)C4O)cc(O)c3c2=O)C(OC2OC(COC(=O)C=Cc3ccc(O)cc3)C(O)C(O)C2O)C(OC2OC(COC(=O)C=Cc3ccc(O)cc3)C(O)C(O)C2O)C1OC1OCC(O)C(O)C1O. The van der Waals surface area contributed by atoms with E-state index in [1.165, 1.54) is 91.9 Å². The van der Waals surface area contributed by atoms with Crippen molar-refractivity contribution in [1.82, 2.24) is 0 Å². The molecule has 95 heavy (non-hydrogen) atoms.